The molecule has 1 heteroatoms. The van der Waals surface area contributed by atoms with Crippen LogP contribution < -0.4 is 0 Å². The van der Waals surface area contributed by atoms with Crippen molar-refractivity contribution in [2.24, 2.45) is 0 Å². The minimum Gasteiger partial charge on any atom is -0.312 e. The molecule has 0 amide bonds. The Kier molecular flexibility index (Phi) is 3.35. The van der Waals surface area contributed by atoms with Crippen LogP contribution in [0.4, 0.5) is 0 Å². The molecule has 0 saturated carbocycles. The van der Waals surface area contributed by atoms with Crippen molar-refractivity contribution < 1.29 is 0 Å². The van der Waals surface area contributed by atoms with Gasteiger partial charge in [0.25, 0.3) is 0 Å². The predicted molar refractivity (Wildman–Crippen MR) is 50.7 cm³/mol. The first kappa shape index (κ1) is 8.80. The smallest absolute Gasteiger partial charge is 0.239 e. The molecule has 0 spiro atoms. The zero-order chi connectivity index (χ0) is 8.81. The Labute approximate surface area is 73.9 Å². The van der Waals surface area contributed by atoms with E-state index in [1.807, 2.05) is 12.1 Å². The molecule has 0 unspecified atom stereocenters. The van der Waals surface area contributed by atoms with Crippen LogP contribution in [0.15, 0.2) is 24.3 Å². The Balaban J connectivity index is 2.66. The molecule has 0 aliphatic heterocycles. The molecule has 0 fully saturated rings. The van der Waals surface area contributed by atoms with Crippen molar-refractivity contribution in [3.05, 3.63) is 46.8 Å². The minimum absolute atomic E-state index is 0.506. The molecule has 0 aliphatic carbocycles. The van der Waals surface area contributed by atoms with Gasteiger partial charge in [-0.2, -0.15) is 0 Å². The monoisotopic (exact) mass is 159 g/mol. The fourth-order valence-electron chi connectivity index (χ4n) is 1.19. The number of hydrogen-bond acceptors (Lipinski definition) is 0. The van der Waals surface area contributed by atoms with E-state index in [9.17, 15) is 0 Å². The van der Waals surface area contributed by atoms with E-state index in [0.717, 1.165) is 12.0 Å². The normalized spacial score (nSPS) is 9.33. The van der Waals surface area contributed by atoms with Crippen LogP contribution in [0.5, 0.6) is 0 Å². The van der Waals surface area contributed by atoms with Crippen molar-refractivity contribution in [3.63, 3.8) is 0 Å². The lowest BCUT2D eigenvalue weighted by Gasteiger charge is -1.97. The Hall–Kier alpha value is -1.29. The van der Waals surface area contributed by atoms with E-state index >= 15 is 0 Å². The summed E-state index contributed by atoms with van der Waals surface area (Å²) in [6, 6.07) is 8.32. The van der Waals surface area contributed by atoms with Gasteiger partial charge in [0.15, 0.2) is 0 Å². The molecule has 1 nitrogen and oxygen atoms in total. The molecule has 0 aromatic heterocycles. The van der Waals surface area contributed by atoms with E-state index in [2.05, 4.69) is 23.9 Å². The Morgan fingerprint density at radius 2 is 1.75 bits per heavy atom. The number of nitrogens with zero attached hydrogens (tertiary/aromatic N) is 1. The zero-order valence-electron chi connectivity index (χ0n) is 7.38. The molecule has 0 N–H and O–H groups in total. The average molecular weight is 159 g/mol. The molecule has 1 rings (SSSR count). The van der Waals surface area contributed by atoms with Crippen molar-refractivity contribution >= 4 is 0 Å². The van der Waals surface area contributed by atoms with E-state index in [0.29, 0.717) is 6.54 Å². The van der Waals surface area contributed by atoms with Crippen molar-refractivity contribution in [2.45, 2.75) is 26.3 Å². The van der Waals surface area contributed by atoms with Gasteiger partial charge in [0.2, 0.25) is 6.54 Å². The molecular formula is C11H13N. The van der Waals surface area contributed by atoms with Gasteiger partial charge < -0.3 is 4.85 Å². The third-order valence-electron chi connectivity index (χ3n) is 1.82. The molecule has 62 valence electrons. The Morgan fingerprint density at radius 3 is 2.25 bits per heavy atom. The number of rotatable bonds is 3. The maximum atomic E-state index is 6.70. The van der Waals surface area contributed by atoms with Crippen molar-refractivity contribution in [1.29, 1.82) is 0 Å². The maximum Gasteiger partial charge on any atom is 0.239 e. The van der Waals surface area contributed by atoms with Gasteiger partial charge >= 0.3 is 0 Å². The first-order valence-electron chi connectivity index (χ1n) is 4.28. The lowest BCUT2D eigenvalue weighted by atomic mass is 10.1. The summed E-state index contributed by atoms with van der Waals surface area (Å²) in [5.41, 5.74) is 2.48. The van der Waals surface area contributed by atoms with Gasteiger partial charge in [0.1, 0.15) is 0 Å². The van der Waals surface area contributed by atoms with Crippen LogP contribution >= 0.6 is 0 Å². The zero-order valence-corrected chi connectivity index (χ0v) is 7.38. The molecule has 0 aliphatic rings. The van der Waals surface area contributed by atoms with Gasteiger partial charge in [0.05, 0.1) is 0 Å². The van der Waals surface area contributed by atoms with E-state index in [4.69, 9.17) is 6.57 Å². The SMILES string of the molecule is [C-]#[N+]Cc1ccc(CCC)cc1. The third kappa shape index (κ3) is 2.39. The summed E-state index contributed by atoms with van der Waals surface area (Å²) < 4.78 is 0. The van der Waals surface area contributed by atoms with Crippen molar-refractivity contribution in [3.8, 4) is 0 Å². The van der Waals surface area contributed by atoms with Gasteiger partial charge in [-0.15, -0.1) is 0 Å². The van der Waals surface area contributed by atoms with Crippen LogP contribution in [0, 0.1) is 6.57 Å². The minimum atomic E-state index is 0.506. The largest absolute Gasteiger partial charge is 0.312 e. The average Bonchev–Trinajstić information content (AvgIpc) is 2.09. The lowest BCUT2D eigenvalue weighted by Crippen LogP contribution is -1.84. The van der Waals surface area contributed by atoms with E-state index in [1.165, 1.54) is 12.0 Å². The predicted octanol–water partition coefficient (Wildman–Crippen LogP) is 3.06. The van der Waals surface area contributed by atoms with E-state index < -0.39 is 0 Å². The first-order chi connectivity index (χ1) is 5.86. The molecule has 0 heterocycles. The number of benzene rings is 1. The third-order valence-corrected chi connectivity index (χ3v) is 1.82. The van der Waals surface area contributed by atoms with Gasteiger partial charge in [-0.3, -0.25) is 0 Å². The molecule has 0 atom stereocenters. The molecule has 0 bridgehead atoms. The van der Waals surface area contributed by atoms with Crippen LogP contribution in [-0.4, -0.2) is 0 Å². The summed E-state index contributed by atoms with van der Waals surface area (Å²) in [5.74, 6) is 0. The first-order valence-corrected chi connectivity index (χ1v) is 4.28. The fraction of sp³-hybridized carbons (Fsp3) is 0.364. The molecule has 0 radical (unpaired) electrons. The fourth-order valence-corrected chi connectivity index (χ4v) is 1.19. The van der Waals surface area contributed by atoms with Crippen LogP contribution in [0.2, 0.25) is 0 Å². The van der Waals surface area contributed by atoms with Crippen molar-refractivity contribution in [1.82, 2.24) is 0 Å². The quantitative estimate of drug-likeness (QED) is 0.597. The Bertz CT molecular complexity index is 266. The second kappa shape index (κ2) is 4.56. The van der Waals surface area contributed by atoms with Gasteiger partial charge in [-0.25, -0.2) is 6.57 Å². The van der Waals surface area contributed by atoms with Gasteiger partial charge in [-0.05, 0) is 12.0 Å². The second-order valence-electron chi connectivity index (χ2n) is 2.88. The second-order valence-corrected chi connectivity index (χ2v) is 2.88. The highest BCUT2D eigenvalue weighted by molar-refractivity contribution is 5.23. The molecule has 0 saturated heterocycles. The molecule has 1 aromatic rings. The lowest BCUT2D eigenvalue weighted by molar-refractivity contribution is 0.920. The maximum absolute atomic E-state index is 6.70. The van der Waals surface area contributed by atoms with Crippen LogP contribution in [0.25, 0.3) is 4.85 Å². The van der Waals surface area contributed by atoms with Crippen LogP contribution in [0.1, 0.15) is 24.5 Å². The summed E-state index contributed by atoms with van der Waals surface area (Å²) in [5, 5.41) is 0. The summed E-state index contributed by atoms with van der Waals surface area (Å²) >= 11 is 0. The topological polar surface area (TPSA) is 4.36 Å². The summed E-state index contributed by atoms with van der Waals surface area (Å²) in [6.45, 7) is 9.38. The highest BCUT2D eigenvalue weighted by Gasteiger charge is 1.94. The molecule has 12 heavy (non-hydrogen) atoms. The van der Waals surface area contributed by atoms with Gasteiger partial charge in [0, 0.05) is 5.56 Å². The van der Waals surface area contributed by atoms with Gasteiger partial charge in [-0.1, -0.05) is 37.6 Å². The molecular weight excluding hydrogens is 146 g/mol. The summed E-state index contributed by atoms with van der Waals surface area (Å²) in [7, 11) is 0. The summed E-state index contributed by atoms with van der Waals surface area (Å²) in [4.78, 5) is 3.33. The highest BCUT2D eigenvalue weighted by Crippen LogP contribution is 2.07. The number of hydrogen-bond donors (Lipinski definition) is 0. The van der Waals surface area contributed by atoms with E-state index in [-0.39, 0.29) is 0 Å². The highest BCUT2D eigenvalue weighted by atomic mass is 14.6. The standard InChI is InChI=1S/C11H13N/c1-3-4-10-5-7-11(8-6-10)9-12-2/h5-8H,3-4,9H2,1H3. The summed E-state index contributed by atoms with van der Waals surface area (Å²) in [6.07, 6.45) is 2.32. The van der Waals surface area contributed by atoms with Crippen molar-refractivity contribution in [2.75, 3.05) is 0 Å². The van der Waals surface area contributed by atoms with E-state index in [1.54, 1.807) is 0 Å². The van der Waals surface area contributed by atoms with Crippen LogP contribution in [-0.2, 0) is 13.0 Å². The number of aryl methyl sites for hydroxylation is 1. The molecule has 1 aromatic carbocycles. The Morgan fingerprint density at radius 1 is 1.17 bits per heavy atom. The van der Waals surface area contributed by atoms with Crippen LogP contribution in [0.3, 0.4) is 0 Å².